The van der Waals surface area contributed by atoms with E-state index in [9.17, 15) is 9.90 Å². The second kappa shape index (κ2) is 6.25. The Labute approximate surface area is 136 Å². The van der Waals surface area contributed by atoms with Gasteiger partial charge in [0.2, 0.25) is 5.89 Å². The van der Waals surface area contributed by atoms with E-state index in [0.717, 1.165) is 23.3 Å². The second-order valence-electron chi connectivity index (χ2n) is 4.91. The van der Waals surface area contributed by atoms with Gasteiger partial charge in [-0.05, 0) is 31.5 Å². The van der Waals surface area contributed by atoms with Gasteiger partial charge in [0.25, 0.3) is 0 Å². The van der Waals surface area contributed by atoms with Crippen LogP contribution in [0, 0.1) is 13.8 Å². The predicted octanol–water partition coefficient (Wildman–Crippen LogP) is 1.53. The summed E-state index contributed by atoms with van der Waals surface area (Å²) in [7, 11) is 0. The van der Waals surface area contributed by atoms with Gasteiger partial charge in [-0.15, -0.1) is 10.2 Å². The van der Waals surface area contributed by atoms with E-state index in [1.54, 1.807) is 0 Å². The topological polar surface area (TPSA) is 96.9 Å². The molecule has 3 aromatic rings. The molecule has 0 saturated heterocycles. The molecule has 3 rings (SSSR count). The van der Waals surface area contributed by atoms with Gasteiger partial charge in [-0.2, -0.15) is 0 Å². The molecule has 0 amide bonds. The van der Waals surface area contributed by atoms with Gasteiger partial charge in [-0.1, -0.05) is 23.9 Å². The summed E-state index contributed by atoms with van der Waals surface area (Å²) in [5, 5.41) is 19.6. The summed E-state index contributed by atoms with van der Waals surface area (Å²) in [5.74, 6) is 0.0485. The van der Waals surface area contributed by atoms with Crippen LogP contribution in [-0.2, 0) is 5.75 Å². The first kappa shape index (κ1) is 15.3. The zero-order valence-electron chi connectivity index (χ0n) is 12.5. The molecule has 8 heteroatoms. The smallest absolute Gasteiger partial charge is 0.205 e. The van der Waals surface area contributed by atoms with Crippen LogP contribution in [0.15, 0.2) is 40.1 Å². The molecule has 1 aromatic carbocycles. The fraction of sp³-hybridized carbons (Fsp3) is 0.200. The van der Waals surface area contributed by atoms with Crippen LogP contribution in [-0.4, -0.2) is 25.7 Å². The molecule has 7 nitrogen and oxygen atoms in total. The minimum Gasteiger partial charge on any atom is -0.543 e. The Morgan fingerprint density at radius 2 is 2.17 bits per heavy atom. The van der Waals surface area contributed by atoms with Crippen LogP contribution in [0.4, 0.5) is 0 Å². The number of carbonyl (C=O) groups excluding carboxylic acids is 1. The second-order valence-corrected chi connectivity index (χ2v) is 5.85. The molecule has 0 saturated carbocycles. The van der Waals surface area contributed by atoms with Gasteiger partial charge in [-0.25, -0.2) is 4.98 Å². The minimum atomic E-state index is -1.36. The summed E-state index contributed by atoms with van der Waals surface area (Å²) >= 11 is 1.37. The van der Waals surface area contributed by atoms with Crippen molar-refractivity contribution in [2.45, 2.75) is 24.8 Å². The molecule has 0 atom stereocenters. The Hall–Kier alpha value is -2.61. The maximum Gasteiger partial charge on any atom is 0.205 e. The molecule has 0 unspecified atom stereocenters. The summed E-state index contributed by atoms with van der Waals surface area (Å²) in [6.07, 6.45) is 1.07. The minimum absolute atomic E-state index is 0.211. The number of aromatic carboxylic acids is 1. The zero-order valence-corrected chi connectivity index (χ0v) is 13.3. The molecule has 0 bridgehead atoms. The molecule has 2 heterocycles. The Morgan fingerprint density at radius 1 is 1.35 bits per heavy atom. The summed E-state index contributed by atoms with van der Waals surface area (Å²) < 4.78 is 7.04. The van der Waals surface area contributed by atoms with Gasteiger partial charge in [-0.3, -0.25) is 4.57 Å². The first-order valence-electron chi connectivity index (χ1n) is 6.82. The van der Waals surface area contributed by atoms with Crippen molar-refractivity contribution in [2.24, 2.45) is 0 Å². The van der Waals surface area contributed by atoms with Gasteiger partial charge in [0.1, 0.15) is 17.8 Å². The number of carbonyl (C=O) groups is 1. The summed E-state index contributed by atoms with van der Waals surface area (Å²) in [5.41, 5.74) is 1.90. The molecule has 0 fully saturated rings. The first-order chi connectivity index (χ1) is 11.0. The van der Waals surface area contributed by atoms with Crippen LogP contribution in [0.5, 0.6) is 0 Å². The van der Waals surface area contributed by atoms with Gasteiger partial charge in [0, 0.05) is 5.69 Å². The average molecular weight is 329 g/mol. The van der Waals surface area contributed by atoms with Crippen molar-refractivity contribution in [3.05, 3.63) is 53.5 Å². The third-order valence-corrected chi connectivity index (χ3v) is 4.05. The lowest BCUT2D eigenvalue weighted by Gasteiger charge is -2.08. The number of rotatable bonds is 5. The van der Waals surface area contributed by atoms with Gasteiger partial charge in [0.15, 0.2) is 5.16 Å². The quantitative estimate of drug-likeness (QED) is 0.655. The summed E-state index contributed by atoms with van der Waals surface area (Å²) in [6, 6.07) is 8.01. The SMILES string of the molecule is Cc1cccc(-n2c(C)nnc2SCc2nc(C(=O)[O-])co2)c1. The highest BCUT2D eigenvalue weighted by atomic mass is 32.2. The van der Waals surface area contributed by atoms with E-state index in [1.807, 2.05) is 42.7 Å². The molecule has 0 aliphatic rings. The number of thioether (sulfide) groups is 1. The maximum absolute atomic E-state index is 10.7. The van der Waals surface area contributed by atoms with E-state index in [0.29, 0.717) is 16.8 Å². The largest absolute Gasteiger partial charge is 0.543 e. The highest BCUT2D eigenvalue weighted by molar-refractivity contribution is 7.98. The fourth-order valence-electron chi connectivity index (χ4n) is 2.10. The van der Waals surface area contributed by atoms with Crippen molar-refractivity contribution in [2.75, 3.05) is 0 Å². The van der Waals surface area contributed by atoms with E-state index < -0.39 is 5.97 Å². The molecule has 0 spiro atoms. The van der Waals surface area contributed by atoms with Crippen molar-refractivity contribution < 1.29 is 14.3 Å². The predicted molar refractivity (Wildman–Crippen MR) is 81.2 cm³/mol. The van der Waals surface area contributed by atoms with Crippen molar-refractivity contribution >= 4 is 17.7 Å². The van der Waals surface area contributed by atoms with E-state index in [-0.39, 0.29) is 5.69 Å². The van der Waals surface area contributed by atoms with Crippen LogP contribution >= 0.6 is 11.8 Å². The number of hydrogen-bond donors (Lipinski definition) is 0. The van der Waals surface area contributed by atoms with Crippen molar-refractivity contribution in [3.63, 3.8) is 0 Å². The number of carboxylic acid groups (broad SMARTS) is 1. The molecule has 2 aromatic heterocycles. The molecular formula is C15H13N4O3S-. The van der Waals surface area contributed by atoms with Crippen LogP contribution < -0.4 is 5.11 Å². The highest BCUT2D eigenvalue weighted by Gasteiger charge is 2.13. The molecule has 0 aliphatic heterocycles. The average Bonchev–Trinajstić information content (AvgIpc) is 3.12. The fourth-order valence-corrected chi connectivity index (χ4v) is 2.95. The van der Waals surface area contributed by atoms with Crippen LogP contribution in [0.3, 0.4) is 0 Å². The number of carboxylic acids is 1. The lowest BCUT2D eigenvalue weighted by molar-refractivity contribution is -0.255. The number of aromatic nitrogens is 4. The molecular weight excluding hydrogens is 316 g/mol. The number of hydrogen-bond acceptors (Lipinski definition) is 7. The standard InChI is InChI=1S/C15H14N4O3S/c1-9-4-3-5-11(6-9)19-10(2)17-18-15(19)23-8-13-16-12(7-22-13)14(20)21/h3-7H,8H2,1-2H3,(H,20,21)/p-1. The monoisotopic (exact) mass is 329 g/mol. The van der Waals surface area contributed by atoms with Crippen LogP contribution in [0.25, 0.3) is 5.69 Å². The molecule has 0 N–H and O–H groups in total. The number of nitrogens with zero attached hydrogens (tertiary/aromatic N) is 4. The first-order valence-corrected chi connectivity index (χ1v) is 7.81. The summed E-state index contributed by atoms with van der Waals surface area (Å²) in [4.78, 5) is 14.5. The Morgan fingerprint density at radius 3 is 2.87 bits per heavy atom. The summed E-state index contributed by atoms with van der Waals surface area (Å²) in [6.45, 7) is 3.89. The van der Waals surface area contributed by atoms with Crippen molar-refractivity contribution in [1.82, 2.24) is 19.7 Å². The Balaban J connectivity index is 1.82. The van der Waals surface area contributed by atoms with E-state index in [4.69, 9.17) is 4.42 Å². The number of oxazole rings is 1. The molecule has 0 aliphatic carbocycles. The van der Waals surface area contributed by atoms with E-state index in [1.165, 1.54) is 11.8 Å². The Bertz CT molecular complexity index is 856. The molecule has 23 heavy (non-hydrogen) atoms. The lowest BCUT2D eigenvalue weighted by atomic mass is 10.2. The van der Waals surface area contributed by atoms with Gasteiger partial charge in [0.05, 0.1) is 11.7 Å². The van der Waals surface area contributed by atoms with E-state index in [2.05, 4.69) is 15.2 Å². The number of aryl methyl sites for hydroxylation is 2. The van der Waals surface area contributed by atoms with Gasteiger partial charge >= 0.3 is 0 Å². The number of benzene rings is 1. The maximum atomic E-state index is 10.7. The van der Waals surface area contributed by atoms with Crippen molar-refractivity contribution in [3.8, 4) is 5.69 Å². The highest BCUT2D eigenvalue weighted by Crippen LogP contribution is 2.25. The van der Waals surface area contributed by atoms with Crippen molar-refractivity contribution in [1.29, 1.82) is 0 Å². The van der Waals surface area contributed by atoms with Crippen LogP contribution in [0.1, 0.15) is 27.8 Å². The molecule has 0 radical (unpaired) electrons. The lowest BCUT2D eigenvalue weighted by Crippen LogP contribution is -2.22. The Kier molecular flexibility index (Phi) is 4.16. The molecule has 118 valence electrons. The van der Waals surface area contributed by atoms with Crippen LogP contribution in [0.2, 0.25) is 0 Å². The van der Waals surface area contributed by atoms with Gasteiger partial charge < -0.3 is 14.3 Å². The third-order valence-electron chi connectivity index (χ3n) is 3.14. The normalized spacial score (nSPS) is 10.9. The third kappa shape index (κ3) is 3.26. The van der Waals surface area contributed by atoms with E-state index >= 15 is 0 Å². The zero-order chi connectivity index (χ0) is 16.4.